The van der Waals surface area contributed by atoms with E-state index >= 15 is 0 Å². The van der Waals surface area contributed by atoms with Gasteiger partial charge in [0.2, 0.25) is 0 Å². The lowest BCUT2D eigenvalue weighted by molar-refractivity contribution is 1.07. The van der Waals surface area contributed by atoms with Gasteiger partial charge in [-0.15, -0.1) is 0 Å². The minimum absolute atomic E-state index is 0.554. The molecule has 0 saturated carbocycles. The number of aromatic amines is 1. The second-order valence-corrected chi connectivity index (χ2v) is 9.26. The Labute approximate surface area is 197 Å². The van der Waals surface area contributed by atoms with E-state index in [1.54, 1.807) is 0 Å². The number of fused-ring (bicyclic) bond motifs is 2. The van der Waals surface area contributed by atoms with Crippen molar-refractivity contribution >= 4 is 65.8 Å². The standard InChI is InChI=1S/C26H19Br2N3/c27-19-8-10-24-22(12-19)23(15-30-24)25-11-18(21-9-7-20(28)13-26(21)31-25)6-5-16-1-3-17(14-29)4-2-16/h1-13,15,30H,14,29H2. The first kappa shape index (κ1) is 20.2. The van der Waals surface area contributed by atoms with Crippen LogP contribution in [0.3, 0.4) is 0 Å². The largest absolute Gasteiger partial charge is 0.360 e. The van der Waals surface area contributed by atoms with Crippen LogP contribution in [0.5, 0.6) is 0 Å². The smallest absolute Gasteiger partial charge is 0.0737 e. The lowest BCUT2D eigenvalue weighted by Gasteiger charge is -2.08. The molecule has 0 fully saturated rings. The summed E-state index contributed by atoms with van der Waals surface area (Å²) in [6, 6.07) is 23.0. The normalized spacial score (nSPS) is 11.7. The van der Waals surface area contributed by atoms with Crippen molar-refractivity contribution in [1.29, 1.82) is 0 Å². The van der Waals surface area contributed by atoms with Gasteiger partial charge >= 0.3 is 0 Å². The van der Waals surface area contributed by atoms with E-state index in [-0.39, 0.29) is 0 Å². The van der Waals surface area contributed by atoms with Gasteiger partial charge in [0.15, 0.2) is 0 Å². The zero-order valence-corrected chi connectivity index (χ0v) is 19.7. The number of rotatable bonds is 4. The molecule has 3 nitrogen and oxygen atoms in total. The van der Waals surface area contributed by atoms with Crippen molar-refractivity contribution in [3.63, 3.8) is 0 Å². The van der Waals surface area contributed by atoms with E-state index in [4.69, 9.17) is 10.7 Å². The number of pyridine rings is 1. The maximum atomic E-state index is 5.72. The number of H-pyrrole nitrogens is 1. The van der Waals surface area contributed by atoms with Gasteiger partial charge in [-0.1, -0.05) is 74.3 Å². The van der Waals surface area contributed by atoms with E-state index in [0.29, 0.717) is 6.54 Å². The third kappa shape index (κ3) is 4.09. The molecule has 2 heterocycles. The second-order valence-electron chi connectivity index (χ2n) is 7.43. The first-order chi connectivity index (χ1) is 15.1. The maximum Gasteiger partial charge on any atom is 0.0737 e. The minimum Gasteiger partial charge on any atom is -0.360 e. The molecular weight excluding hydrogens is 514 g/mol. The molecule has 152 valence electrons. The van der Waals surface area contributed by atoms with Gasteiger partial charge < -0.3 is 10.7 Å². The topological polar surface area (TPSA) is 54.7 Å². The molecule has 0 amide bonds. The maximum absolute atomic E-state index is 5.72. The van der Waals surface area contributed by atoms with E-state index in [9.17, 15) is 0 Å². The fourth-order valence-corrected chi connectivity index (χ4v) is 4.47. The van der Waals surface area contributed by atoms with Gasteiger partial charge in [-0.25, -0.2) is 4.98 Å². The van der Waals surface area contributed by atoms with Crippen LogP contribution >= 0.6 is 31.9 Å². The molecular formula is C26H19Br2N3. The van der Waals surface area contributed by atoms with E-state index in [2.05, 4.69) is 110 Å². The van der Waals surface area contributed by atoms with Gasteiger partial charge in [0, 0.05) is 43.5 Å². The van der Waals surface area contributed by atoms with E-state index in [1.165, 1.54) is 0 Å². The van der Waals surface area contributed by atoms with Crippen LogP contribution in [0.2, 0.25) is 0 Å². The van der Waals surface area contributed by atoms with Crippen molar-refractivity contribution in [1.82, 2.24) is 9.97 Å². The molecule has 0 aliphatic carbocycles. The number of nitrogens with zero attached hydrogens (tertiary/aromatic N) is 1. The highest BCUT2D eigenvalue weighted by molar-refractivity contribution is 9.10. The lowest BCUT2D eigenvalue weighted by atomic mass is 10.0. The molecule has 5 heteroatoms. The second kappa shape index (κ2) is 8.42. The Morgan fingerprint density at radius 1 is 0.839 bits per heavy atom. The SMILES string of the molecule is NCc1ccc(C=Cc2cc(-c3c[nH]c4ccc(Br)cc34)nc3cc(Br)ccc23)cc1. The summed E-state index contributed by atoms with van der Waals surface area (Å²) in [4.78, 5) is 8.35. The van der Waals surface area contributed by atoms with Crippen LogP contribution in [0.15, 0.2) is 81.9 Å². The molecule has 0 aliphatic rings. The quantitative estimate of drug-likeness (QED) is 0.251. The zero-order chi connectivity index (χ0) is 21.4. The van der Waals surface area contributed by atoms with Crippen molar-refractivity contribution in [2.45, 2.75) is 6.54 Å². The van der Waals surface area contributed by atoms with Gasteiger partial charge in [0.05, 0.1) is 11.2 Å². The number of nitrogens with one attached hydrogen (secondary N) is 1. The van der Waals surface area contributed by atoms with Crippen LogP contribution in [-0.2, 0) is 6.54 Å². The predicted octanol–water partition coefficient (Wildman–Crippen LogP) is 7.54. The fraction of sp³-hybridized carbons (Fsp3) is 0.0385. The summed E-state index contributed by atoms with van der Waals surface area (Å²) >= 11 is 7.18. The Morgan fingerprint density at radius 2 is 1.61 bits per heavy atom. The van der Waals surface area contributed by atoms with Gasteiger partial charge in [-0.3, -0.25) is 0 Å². The van der Waals surface area contributed by atoms with Crippen LogP contribution in [0.25, 0.3) is 45.2 Å². The summed E-state index contributed by atoms with van der Waals surface area (Å²) in [5.74, 6) is 0. The van der Waals surface area contributed by atoms with Crippen molar-refractivity contribution in [2.24, 2.45) is 5.73 Å². The van der Waals surface area contributed by atoms with Crippen molar-refractivity contribution < 1.29 is 0 Å². The number of nitrogens with two attached hydrogens (primary N) is 1. The molecule has 0 unspecified atom stereocenters. The Balaban J connectivity index is 1.66. The fourth-order valence-electron chi connectivity index (χ4n) is 3.76. The summed E-state index contributed by atoms with van der Waals surface area (Å²) in [5.41, 5.74) is 13.2. The van der Waals surface area contributed by atoms with Crippen LogP contribution in [0.4, 0.5) is 0 Å². The third-order valence-corrected chi connectivity index (χ3v) is 6.38. The van der Waals surface area contributed by atoms with Gasteiger partial charge in [-0.05, 0) is 53.1 Å². The number of hydrogen-bond donors (Lipinski definition) is 2. The number of hydrogen-bond acceptors (Lipinski definition) is 2. The monoisotopic (exact) mass is 531 g/mol. The molecule has 0 bridgehead atoms. The number of aromatic nitrogens is 2. The molecule has 3 N–H and O–H groups in total. The first-order valence-electron chi connectivity index (χ1n) is 9.95. The minimum atomic E-state index is 0.554. The van der Waals surface area contributed by atoms with E-state index in [0.717, 1.165) is 58.7 Å². The summed E-state index contributed by atoms with van der Waals surface area (Å²) in [6.07, 6.45) is 6.32. The van der Waals surface area contributed by atoms with Crippen molar-refractivity contribution in [3.05, 3.63) is 98.6 Å². The molecule has 2 aromatic heterocycles. The van der Waals surface area contributed by atoms with Gasteiger partial charge in [0.25, 0.3) is 0 Å². The average Bonchev–Trinajstić information content (AvgIpc) is 3.20. The summed E-state index contributed by atoms with van der Waals surface area (Å²) in [5, 5.41) is 2.26. The first-order valence-corrected chi connectivity index (χ1v) is 11.5. The lowest BCUT2D eigenvalue weighted by Crippen LogP contribution is -1.95. The Kier molecular flexibility index (Phi) is 5.48. The van der Waals surface area contributed by atoms with E-state index in [1.807, 2.05) is 12.3 Å². The highest BCUT2D eigenvalue weighted by Crippen LogP contribution is 2.33. The molecule has 0 saturated heterocycles. The van der Waals surface area contributed by atoms with Crippen LogP contribution < -0.4 is 5.73 Å². The summed E-state index contributed by atoms with van der Waals surface area (Å²) < 4.78 is 2.06. The Bertz CT molecular complexity index is 1430. The average molecular weight is 533 g/mol. The Morgan fingerprint density at radius 3 is 2.42 bits per heavy atom. The molecule has 0 radical (unpaired) electrons. The number of halogens is 2. The Hall–Kier alpha value is -2.73. The highest BCUT2D eigenvalue weighted by atomic mass is 79.9. The molecule has 5 aromatic rings. The highest BCUT2D eigenvalue weighted by Gasteiger charge is 2.11. The van der Waals surface area contributed by atoms with Crippen molar-refractivity contribution in [3.8, 4) is 11.3 Å². The summed E-state index contributed by atoms with van der Waals surface area (Å²) in [6.45, 7) is 0.554. The van der Waals surface area contributed by atoms with Crippen LogP contribution in [-0.4, -0.2) is 9.97 Å². The predicted molar refractivity (Wildman–Crippen MR) is 138 cm³/mol. The third-order valence-electron chi connectivity index (χ3n) is 5.39. The number of benzene rings is 3. The van der Waals surface area contributed by atoms with Gasteiger partial charge in [0.1, 0.15) is 0 Å². The van der Waals surface area contributed by atoms with E-state index < -0.39 is 0 Å². The molecule has 0 atom stereocenters. The van der Waals surface area contributed by atoms with Crippen LogP contribution in [0, 0.1) is 0 Å². The van der Waals surface area contributed by atoms with Gasteiger partial charge in [-0.2, -0.15) is 0 Å². The molecule has 0 aliphatic heterocycles. The molecule has 5 rings (SSSR count). The molecule has 0 spiro atoms. The molecule has 3 aromatic carbocycles. The molecule has 31 heavy (non-hydrogen) atoms. The van der Waals surface area contributed by atoms with Crippen molar-refractivity contribution in [2.75, 3.05) is 0 Å². The zero-order valence-electron chi connectivity index (χ0n) is 16.6. The van der Waals surface area contributed by atoms with Crippen LogP contribution in [0.1, 0.15) is 16.7 Å². The summed E-state index contributed by atoms with van der Waals surface area (Å²) in [7, 11) is 0.